The number of amides is 2. The number of anilines is 1. The second-order valence-electron chi connectivity index (χ2n) is 5.14. The summed E-state index contributed by atoms with van der Waals surface area (Å²) in [6, 6.07) is 11.9. The molecular formula is C17H15BrCl2N2O3. The van der Waals surface area contributed by atoms with Gasteiger partial charge < -0.3 is 15.0 Å². The average Bonchev–Trinajstić information content (AvgIpc) is 2.57. The molecule has 0 aliphatic heterocycles. The molecule has 0 saturated carbocycles. The smallest absolute Gasteiger partial charge is 0.260 e. The summed E-state index contributed by atoms with van der Waals surface area (Å²) in [5, 5.41) is 3.48. The van der Waals surface area contributed by atoms with Crippen molar-refractivity contribution < 1.29 is 14.3 Å². The number of carbonyl (C=O) groups is 2. The van der Waals surface area contributed by atoms with Crippen LogP contribution >= 0.6 is 39.1 Å². The third kappa shape index (κ3) is 5.92. The lowest BCUT2D eigenvalue weighted by molar-refractivity contribution is -0.135. The van der Waals surface area contributed by atoms with Gasteiger partial charge in [0.1, 0.15) is 5.75 Å². The van der Waals surface area contributed by atoms with E-state index in [-0.39, 0.29) is 25.0 Å². The molecule has 0 aromatic heterocycles. The molecule has 0 bridgehead atoms. The second kappa shape index (κ2) is 9.08. The zero-order valence-electron chi connectivity index (χ0n) is 13.3. The molecule has 2 amide bonds. The number of carbonyl (C=O) groups excluding carboxylic acids is 2. The summed E-state index contributed by atoms with van der Waals surface area (Å²) in [7, 11) is 1.53. The molecule has 2 rings (SSSR count). The number of para-hydroxylation sites is 1. The fraction of sp³-hybridized carbons (Fsp3) is 0.176. The van der Waals surface area contributed by atoms with E-state index in [0.29, 0.717) is 21.5 Å². The Labute approximate surface area is 164 Å². The summed E-state index contributed by atoms with van der Waals surface area (Å²) < 4.78 is 6.13. The number of hydrogen-bond acceptors (Lipinski definition) is 3. The van der Waals surface area contributed by atoms with Gasteiger partial charge in [0.15, 0.2) is 6.61 Å². The van der Waals surface area contributed by atoms with Gasteiger partial charge >= 0.3 is 0 Å². The summed E-state index contributed by atoms with van der Waals surface area (Å²) >= 11 is 15.1. The lowest BCUT2D eigenvalue weighted by Crippen LogP contribution is -2.37. The van der Waals surface area contributed by atoms with Crippen molar-refractivity contribution in [3.8, 4) is 5.75 Å². The van der Waals surface area contributed by atoms with Gasteiger partial charge in [0.2, 0.25) is 5.91 Å². The highest BCUT2D eigenvalue weighted by Gasteiger charge is 2.14. The van der Waals surface area contributed by atoms with E-state index in [1.54, 1.807) is 24.3 Å². The zero-order valence-corrected chi connectivity index (χ0v) is 16.4. The van der Waals surface area contributed by atoms with E-state index < -0.39 is 0 Å². The Morgan fingerprint density at radius 1 is 1.16 bits per heavy atom. The molecule has 0 fully saturated rings. The van der Waals surface area contributed by atoms with Gasteiger partial charge in [0.25, 0.3) is 5.91 Å². The minimum absolute atomic E-state index is 0.0924. The van der Waals surface area contributed by atoms with Crippen LogP contribution in [0.5, 0.6) is 5.75 Å². The third-order valence-corrected chi connectivity index (χ3v) is 4.64. The van der Waals surface area contributed by atoms with Crippen LogP contribution in [0, 0.1) is 0 Å². The molecule has 25 heavy (non-hydrogen) atoms. The number of likely N-dealkylation sites (N-methyl/N-ethyl adjacent to an activating group) is 1. The van der Waals surface area contributed by atoms with Crippen molar-refractivity contribution in [2.75, 3.05) is 25.5 Å². The fourth-order valence-corrected chi connectivity index (χ4v) is 2.55. The average molecular weight is 446 g/mol. The molecular weight excluding hydrogens is 431 g/mol. The SMILES string of the molecule is CN(CC(=O)Nc1ccccc1Br)C(=O)COc1ccc(Cl)c(Cl)c1. The maximum atomic E-state index is 12.1. The Balaban J connectivity index is 1.84. The third-order valence-electron chi connectivity index (χ3n) is 3.21. The fourth-order valence-electron chi connectivity index (χ4n) is 1.88. The van der Waals surface area contributed by atoms with Crippen molar-refractivity contribution in [2.45, 2.75) is 0 Å². The van der Waals surface area contributed by atoms with Crippen molar-refractivity contribution in [1.82, 2.24) is 4.90 Å². The Kier molecular flexibility index (Phi) is 7.11. The lowest BCUT2D eigenvalue weighted by Gasteiger charge is -2.17. The number of benzene rings is 2. The van der Waals surface area contributed by atoms with E-state index in [2.05, 4.69) is 21.2 Å². The second-order valence-corrected chi connectivity index (χ2v) is 6.81. The Morgan fingerprint density at radius 2 is 1.88 bits per heavy atom. The van der Waals surface area contributed by atoms with Crippen LogP contribution in [0.15, 0.2) is 46.9 Å². The molecule has 1 N–H and O–H groups in total. The van der Waals surface area contributed by atoms with Gasteiger partial charge in [-0.1, -0.05) is 35.3 Å². The van der Waals surface area contributed by atoms with Crippen LogP contribution < -0.4 is 10.1 Å². The first kappa shape index (κ1) is 19.6. The van der Waals surface area contributed by atoms with Crippen LogP contribution in [-0.2, 0) is 9.59 Å². The molecule has 132 valence electrons. The summed E-state index contributed by atoms with van der Waals surface area (Å²) in [6.45, 7) is -0.304. The van der Waals surface area contributed by atoms with Crippen LogP contribution in [0.4, 0.5) is 5.69 Å². The molecule has 0 heterocycles. The maximum absolute atomic E-state index is 12.1. The van der Waals surface area contributed by atoms with Crippen molar-refractivity contribution >= 4 is 56.6 Å². The first-order chi connectivity index (χ1) is 11.9. The van der Waals surface area contributed by atoms with Crippen LogP contribution in [-0.4, -0.2) is 36.9 Å². The lowest BCUT2D eigenvalue weighted by atomic mass is 10.3. The molecule has 2 aromatic rings. The molecule has 0 saturated heterocycles. The molecule has 0 aliphatic rings. The number of nitrogens with zero attached hydrogens (tertiary/aromatic N) is 1. The summed E-state index contributed by atoms with van der Waals surface area (Å²) in [4.78, 5) is 25.4. The highest BCUT2D eigenvalue weighted by molar-refractivity contribution is 9.10. The van der Waals surface area contributed by atoms with Gasteiger partial charge in [0.05, 0.1) is 22.3 Å². The summed E-state index contributed by atoms with van der Waals surface area (Å²) in [5.74, 6) is -0.223. The maximum Gasteiger partial charge on any atom is 0.260 e. The highest BCUT2D eigenvalue weighted by atomic mass is 79.9. The first-order valence-corrected chi connectivity index (χ1v) is 8.78. The van der Waals surface area contributed by atoms with E-state index in [1.807, 2.05) is 12.1 Å². The van der Waals surface area contributed by atoms with Crippen LogP contribution in [0.25, 0.3) is 0 Å². The number of nitrogens with one attached hydrogen (secondary N) is 1. The summed E-state index contributed by atoms with van der Waals surface area (Å²) in [5.41, 5.74) is 0.639. The molecule has 0 spiro atoms. The monoisotopic (exact) mass is 444 g/mol. The van der Waals surface area contributed by atoms with Gasteiger partial charge in [-0.2, -0.15) is 0 Å². The van der Waals surface area contributed by atoms with E-state index >= 15 is 0 Å². The van der Waals surface area contributed by atoms with Gasteiger partial charge in [-0.15, -0.1) is 0 Å². The van der Waals surface area contributed by atoms with E-state index in [1.165, 1.54) is 18.0 Å². The van der Waals surface area contributed by atoms with Gasteiger partial charge in [0, 0.05) is 17.6 Å². The molecule has 0 unspecified atom stereocenters. The van der Waals surface area contributed by atoms with E-state index in [4.69, 9.17) is 27.9 Å². The Hall–Kier alpha value is -1.76. The van der Waals surface area contributed by atoms with Crippen LogP contribution in [0.1, 0.15) is 0 Å². The predicted molar refractivity (Wildman–Crippen MR) is 102 cm³/mol. The largest absolute Gasteiger partial charge is 0.484 e. The van der Waals surface area contributed by atoms with Gasteiger partial charge in [-0.3, -0.25) is 9.59 Å². The summed E-state index contributed by atoms with van der Waals surface area (Å²) in [6.07, 6.45) is 0. The number of hydrogen-bond donors (Lipinski definition) is 1. The zero-order chi connectivity index (χ0) is 18.4. The number of halogens is 3. The Bertz CT molecular complexity index is 786. The predicted octanol–water partition coefficient (Wildman–Crippen LogP) is 4.23. The molecule has 2 aromatic carbocycles. The molecule has 0 aliphatic carbocycles. The quantitative estimate of drug-likeness (QED) is 0.723. The highest BCUT2D eigenvalue weighted by Crippen LogP contribution is 2.26. The van der Waals surface area contributed by atoms with Crippen molar-refractivity contribution in [3.05, 3.63) is 57.0 Å². The molecule has 0 atom stereocenters. The van der Waals surface area contributed by atoms with Crippen LogP contribution in [0.2, 0.25) is 10.0 Å². The number of rotatable bonds is 6. The van der Waals surface area contributed by atoms with Crippen LogP contribution in [0.3, 0.4) is 0 Å². The van der Waals surface area contributed by atoms with Crippen molar-refractivity contribution in [2.24, 2.45) is 0 Å². The Morgan fingerprint density at radius 3 is 2.56 bits per heavy atom. The van der Waals surface area contributed by atoms with Gasteiger partial charge in [-0.05, 0) is 40.2 Å². The van der Waals surface area contributed by atoms with Crippen molar-refractivity contribution in [3.63, 3.8) is 0 Å². The standard InChI is InChI=1S/C17H15BrCl2N2O3/c1-22(9-16(23)21-15-5-3-2-4-12(15)18)17(24)10-25-11-6-7-13(19)14(20)8-11/h2-8H,9-10H2,1H3,(H,21,23). The van der Waals surface area contributed by atoms with Crippen molar-refractivity contribution in [1.29, 1.82) is 0 Å². The van der Waals surface area contributed by atoms with Gasteiger partial charge in [-0.25, -0.2) is 0 Å². The topological polar surface area (TPSA) is 58.6 Å². The minimum Gasteiger partial charge on any atom is -0.484 e. The van der Waals surface area contributed by atoms with E-state index in [0.717, 1.165) is 4.47 Å². The first-order valence-electron chi connectivity index (χ1n) is 7.23. The molecule has 8 heteroatoms. The minimum atomic E-state index is -0.339. The van der Waals surface area contributed by atoms with E-state index in [9.17, 15) is 9.59 Å². The molecule has 5 nitrogen and oxygen atoms in total. The normalized spacial score (nSPS) is 10.2. The number of ether oxygens (including phenoxy) is 1. The molecule has 0 radical (unpaired) electrons.